The highest BCUT2D eigenvalue weighted by Gasteiger charge is 2.41. The second-order valence-corrected chi connectivity index (χ2v) is 14.1. The summed E-state index contributed by atoms with van der Waals surface area (Å²) in [7, 11) is -7.46. The van der Waals surface area contributed by atoms with E-state index in [0.29, 0.717) is 11.8 Å². The largest absolute Gasteiger partial charge is 0.243 e. The van der Waals surface area contributed by atoms with E-state index in [0.717, 1.165) is 24.0 Å². The lowest BCUT2D eigenvalue weighted by atomic mass is 10.0. The van der Waals surface area contributed by atoms with E-state index < -0.39 is 32.1 Å². The van der Waals surface area contributed by atoms with Crippen molar-refractivity contribution in [3.05, 3.63) is 59.7 Å². The van der Waals surface area contributed by atoms with Crippen LogP contribution < -0.4 is 0 Å². The van der Waals surface area contributed by atoms with Gasteiger partial charge >= 0.3 is 0 Å². The fourth-order valence-corrected chi connectivity index (χ4v) is 7.95. The maximum Gasteiger partial charge on any atom is 0.243 e. The lowest BCUT2D eigenvalue weighted by molar-refractivity contribution is 0.163. The fourth-order valence-electron chi connectivity index (χ4n) is 4.54. The quantitative estimate of drug-likeness (QED) is 0.526. The Morgan fingerprint density at radius 3 is 1.21 bits per heavy atom. The Morgan fingerprint density at radius 2 is 0.941 bits per heavy atom. The first-order valence-electron chi connectivity index (χ1n) is 12.0. The number of nitrogens with zero attached hydrogens (tertiary/aromatic N) is 2. The van der Waals surface area contributed by atoms with Gasteiger partial charge in [0, 0.05) is 25.2 Å². The van der Waals surface area contributed by atoms with Crippen LogP contribution in [0.15, 0.2) is 58.3 Å². The molecule has 1 saturated heterocycles. The molecule has 1 heterocycles. The molecule has 0 aliphatic carbocycles. The molecule has 0 radical (unpaired) electrons. The normalized spacial score (nSPS) is 20.8. The van der Waals surface area contributed by atoms with E-state index in [9.17, 15) is 16.8 Å². The van der Waals surface area contributed by atoms with Crippen LogP contribution in [-0.2, 0) is 32.9 Å². The van der Waals surface area contributed by atoms with Gasteiger partial charge in [0.15, 0.2) is 0 Å². The predicted octanol–water partition coefficient (Wildman–Crippen LogP) is 4.56. The molecule has 1 fully saturated rings. The van der Waals surface area contributed by atoms with Crippen LogP contribution in [0.2, 0.25) is 0 Å². The zero-order valence-electron chi connectivity index (χ0n) is 21.1. The highest BCUT2D eigenvalue weighted by molar-refractivity contribution is 7.89. The Labute approximate surface area is 206 Å². The molecule has 3 rings (SSSR count). The smallest absolute Gasteiger partial charge is 0.207 e. The van der Waals surface area contributed by atoms with E-state index >= 15 is 0 Å². The van der Waals surface area contributed by atoms with Crippen molar-refractivity contribution in [2.24, 2.45) is 11.8 Å². The zero-order chi connectivity index (χ0) is 25.3. The van der Waals surface area contributed by atoms with E-state index in [1.54, 1.807) is 38.1 Å². The van der Waals surface area contributed by atoms with E-state index in [2.05, 4.69) is 27.7 Å². The molecule has 34 heavy (non-hydrogen) atoms. The second kappa shape index (κ2) is 10.5. The van der Waals surface area contributed by atoms with Gasteiger partial charge in [-0.15, -0.1) is 0 Å². The third kappa shape index (κ3) is 5.90. The third-order valence-corrected chi connectivity index (χ3v) is 10.2. The molecule has 2 aromatic carbocycles. The molecule has 1 aliphatic rings. The molecule has 0 saturated carbocycles. The molecule has 1 aliphatic heterocycles. The monoisotopic (exact) mass is 506 g/mol. The highest BCUT2D eigenvalue weighted by atomic mass is 32.2. The molecule has 6 nitrogen and oxygen atoms in total. The standard InChI is InChI=1S/C26H38N2O4S2/c1-19(2)15-23-7-11-25(12-8-23)33(29,30)27-17-22(6)28(18-21(27)5)34(31,32)26-13-9-24(10-14-26)16-20(3)4/h7-14,19-22H,15-18H2,1-6H3/t21-,22-/m1/s1. The number of piperazine rings is 1. The lowest BCUT2D eigenvalue weighted by Gasteiger charge is -2.42. The molecular formula is C26H38N2O4S2. The summed E-state index contributed by atoms with van der Waals surface area (Å²) in [5.41, 5.74) is 2.20. The number of hydrogen-bond donors (Lipinski definition) is 0. The van der Waals surface area contributed by atoms with Crippen molar-refractivity contribution in [1.82, 2.24) is 8.61 Å². The molecule has 2 aromatic rings. The van der Waals surface area contributed by atoms with Crippen LogP contribution in [0.25, 0.3) is 0 Å². The molecule has 0 N–H and O–H groups in total. The second-order valence-electron chi connectivity index (χ2n) is 10.3. The minimum Gasteiger partial charge on any atom is -0.207 e. The van der Waals surface area contributed by atoms with E-state index in [-0.39, 0.29) is 22.9 Å². The van der Waals surface area contributed by atoms with Gasteiger partial charge in [0.05, 0.1) is 9.79 Å². The maximum atomic E-state index is 13.4. The van der Waals surface area contributed by atoms with Gasteiger partial charge in [-0.2, -0.15) is 8.61 Å². The predicted molar refractivity (Wildman–Crippen MR) is 137 cm³/mol. The molecule has 0 amide bonds. The SMILES string of the molecule is CC(C)Cc1ccc(S(=O)(=O)N2C[C@@H](C)N(S(=O)(=O)c3ccc(CC(C)C)cc3)C[C@H]2C)cc1. The first-order valence-corrected chi connectivity index (χ1v) is 14.9. The van der Waals surface area contributed by atoms with Crippen LogP contribution >= 0.6 is 0 Å². The van der Waals surface area contributed by atoms with Gasteiger partial charge in [0.1, 0.15) is 0 Å². The van der Waals surface area contributed by atoms with E-state index in [4.69, 9.17) is 0 Å². The van der Waals surface area contributed by atoms with Crippen LogP contribution in [-0.4, -0.2) is 50.6 Å². The Balaban J connectivity index is 1.79. The van der Waals surface area contributed by atoms with Crippen molar-refractivity contribution in [2.75, 3.05) is 13.1 Å². The zero-order valence-corrected chi connectivity index (χ0v) is 22.7. The summed E-state index contributed by atoms with van der Waals surface area (Å²) in [5.74, 6) is 0.981. The van der Waals surface area contributed by atoms with Crippen molar-refractivity contribution in [1.29, 1.82) is 0 Å². The van der Waals surface area contributed by atoms with Crippen LogP contribution in [0.4, 0.5) is 0 Å². The topological polar surface area (TPSA) is 74.8 Å². The van der Waals surface area contributed by atoms with Crippen LogP contribution in [0.1, 0.15) is 52.7 Å². The minimum atomic E-state index is -3.73. The summed E-state index contributed by atoms with van der Waals surface area (Å²) in [5, 5.41) is 0. The maximum absolute atomic E-state index is 13.4. The van der Waals surface area contributed by atoms with Gasteiger partial charge in [0.25, 0.3) is 0 Å². The van der Waals surface area contributed by atoms with Crippen molar-refractivity contribution in [3.8, 4) is 0 Å². The van der Waals surface area contributed by atoms with Crippen LogP contribution in [0.3, 0.4) is 0 Å². The van der Waals surface area contributed by atoms with Gasteiger partial charge in [-0.1, -0.05) is 52.0 Å². The molecule has 2 atom stereocenters. The van der Waals surface area contributed by atoms with Crippen molar-refractivity contribution in [3.63, 3.8) is 0 Å². The number of benzene rings is 2. The summed E-state index contributed by atoms with van der Waals surface area (Å²) in [6.45, 7) is 12.3. The molecule has 0 spiro atoms. The van der Waals surface area contributed by atoms with Gasteiger partial charge < -0.3 is 0 Å². The van der Waals surface area contributed by atoms with Gasteiger partial charge in [-0.3, -0.25) is 0 Å². The first-order chi connectivity index (χ1) is 15.8. The summed E-state index contributed by atoms with van der Waals surface area (Å²) in [6.07, 6.45) is 1.78. The van der Waals surface area contributed by atoms with E-state index in [1.807, 2.05) is 24.3 Å². The van der Waals surface area contributed by atoms with Crippen LogP contribution in [0, 0.1) is 11.8 Å². The lowest BCUT2D eigenvalue weighted by Crippen LogP contribution is -2.59. The molecular weight excluding hydrogens is 468 g/mol. The molecule has 188 valence electrons. The van der Waals surface area contributed by atoms with Crippen molar-refractivity contribution < 1.29 is 16.8 Å². The summed E-state index contributed by atoms with van der Waals surface area (Å²) >= 11 is 0. The highest BCUT2D eigenvalue weighted by Crippen LogP contribution is 2.29. The Hall–Kier alpha value is -1.74. The molecule has 8 heteroatoms. The average molecular weight is 507 g/mol. The van der Waals surface area contributed by atoms with Crippen LogP contribution in [0.5, 0.6) is 0 Å². The van der Waals surface area contributed by atoms with Gasteiger partial charge in [-0.25, -0.2) is 16.8 Å². The van der Waals surface area contributed by atoms with Gasteiger partial charge in [-0.05, 0) is 73.9 Å². The summed E-state index contributed by atoms with van der Waals surface area (Å²) in [6, 6.07) is 13.1. The summed E-state index contributed by atoms with van der Waals surface area (Å²) < 4.78 is 56.4. The fraction of sp³-hybridized carbons (Fsp3) is 0.538. The number of rotatable bonds is 8. The van der Waals surface area contributed by atoms with Gasteiger partial charge in [0.2, 0.25) is 20.0 Å². The summed E-state index contributed by atoms with van der Waals surface area (Å²) in [4.78, 5) is 0.493. The minimum absolute atomic E-state index is 0.113. The Bertz CT molecular complexity index is 1080. The van der Waals surface area contributed by atoms with E-state index in [1.165, 1.54) is 8.61 Å². The molecule has 0 bridgehead atoms. The Morgan fingerprint density at radius 1 is 0.647 bits per heavy atom. The average Bonchev–Trinajstić information content (AvgIpc) is 2.75. The van der Waals surface area contributed by atoms with Crippen molar-refractivity contribution in [2.45, 2.75) is 76.3 Å². The number of hydrogen-bond acceptors (Lipinski definition) is 4. The molecule has 0 unspecified atom stereocenters. The molecule has 0 aromatic heterocycles. The third-order valence-electron chi connectivity index (χ3n) is 6.22. The first kappa shape index (κ1) is 26.9. The number of sulfonamides is 2. The Kier molecular flexibility index (Phi) is 8.28. The van der Waals surface area contributed by atoms with Crippen molar-refractivity contribution >= 4 is 20.0 Å².